The molecule has 0 aromatic heterocycles. The quantitative estimate of drug-likeness (QED) is 0.789. The topological polar surface area (TPSA) is 3.24 Å². The van der Waals surface area contributed by atoms with E-state index in [1.54, 1.807) is 5.56 Å². The minimum Gasteiger partial charge on any atom is -1.00 e. The number of nitrogens with zero attached hydrogens (tertiary/aromatic N) is 1. The van der Waals surface area contributed by atoms with Crippen molar-refractivity contribution in [2.75, 3.05) is 13.1 Å². The Hall–Kier alpha value is -0.530. The fourth-order valence-corrected chi connectivity index (χ4v) is 3.99. The van der Waals surface area contributed by atoms with E-state index in [1.807, 2.05) is 0 Å². The fraction of sp³-hybridized carbons (Fsp3) is 0.647. The van der Waals surface area contributed by atoms with Crippen LogP contribution in [0.4, 0.5) is 0 Å². The van der Waals surface area contributed by atoms with Crippen LogP contribution in [0, 0.1) is 0 Å². The normalized spacial score (nSPS) is 23.6. The first-order valence-electron chi connectivity index (χ1n) is 7.72. The summed E-state index contributed by atoms with van der Waals surface area (Å²) in [4.78, 5) is 2.81. The van der Waals surface area contributed by atoms with Crippen LogP contribution in [0.5, 0.6) is 0 Å². The molecule has 0 N–H and O–H groups in total. The fourth-order valence-electron chi connectivity index (χ4n) is 3.99. The lowest BCUT2D eigenvalue weighted by atomic mass is 9.74. The van der Waals surface area contributed by atoms with E-state index in [9.17, 15) is 0 Å². The Bertz CT molecular complexity index is 364. The molecule has 2 fully saturated rings. The third-order valence-corrected chi connectivity index (χ3v) is 4.95. The number of likely N-dealkylation sites (tertiary alicyclic amines) is 1. The molecule has 1 nitrogen and oxygen atoms in total. The van der Waals surface area contributed by atoms with E-state index in [2.05, 4.69) is 35.2 Å². The van der Waals surface area contributed by atoms with Gasteiger partial charge in [-0.15, -0.1) is 0 Å². The molecule has 1 saturated heterocycles. The summed E-state index contributed by atoms with van der Waals surface area (Å²) in [7, 11) is 0. The summed E-state index contributed by atoms with van der Waals surface area (Å²) in [6, 6.07) is 11.3. The summed E-state index contributed by atoms with van der Waals surface area (Å²) >= 11 is 0. The Morgan fingerprint density at radius 2 is 1.32 bits per heavy atom. The van der Waals surface area contributed by atoms with E-state index in [-0.39, 0.29) is 12.4 Å². The van der Waals surface area contributed by atoms with Crippen molar-refractivity contribution < 1.29 is 12.4 Å². The number of hydrogen-bond donors (Lipinski definition) is 0. The molecule has 1 aliphatic heterocycles. The zero-order valence-corrected chi connectivity index (χ0v) is 12.5. The highest BCUT2D eigenvalue weighted by atomic mass is 35.5. The summed E-state index contributed by atoms with van der Waals surface area (Å²) in [6.07, 6.45) is 11.2. The van der Waals surface area contributed by atoms with Crippen molar-refractivity contribution in [2.24, 2.45) is 0 Å². The second-order valence-electron chi connectivity index (χ2n) is 6.01. The number of benzene rings is 1. The first-order chi connectivity index (χ1) is 8.92. The monoisotopic (exact) mass is 278 g/mol. The number of rotatable bonds is 2. The van der Waals surface area contributed by atoms with E-state index in [0.29, 0.717) is 5.54 Å². The Morgan fingerprint density at radius 3 is 1.95 bits per heavy atom. The number of hydrogen-bond acceptors (Lipinski definition) is 1. The van der Waals surface area contributed by atoms with E-state index in [4.69, 9.17) is 0 Å². The molecular formula is C17H25ClN-. The van der Waals surface area contributed by atoms with Gasteiger partial charge in [0.05, 0.1) is 0 Å². The van der Waals surface area contributed by atoms with Gasteiger partial charge in [0.15, 0.2) is 0 Å². The molecule has 1 saturated carbocycles. The van der Waals surface area contributed by atoms with Crippen LogP contribution in [0.2, 0.25) is 0 Å². The van der Waals surface area contributed by atoms with Crippen LogP contribution >= 0.6 is 0 Å². The van der Waals surface area contributed by atoms with Crippen LogP contribution in [-0.4, -0.2) is 18.0 Å². The predicted molar refractivity (Wildman–Crippen MR) is 76.6 cm³/mol. The maximum Gasteiger partial charge on any atom is 0.0460 e. The standard InChI is InChI=1S/C17H25N.ClH/c1-4-10-16(11-5-1)17(12-6-2-7-13-17)18-14-8-3-9-15-18;/h1,4-5,10-11H,2-3,6-9,12-15H2;1H/p-1. The van der Waals surface area contributed by atoms with E-state index < -0.39 is 0 Å². The van der Waals surface area contributed by atoms with Crippen molar-refractivity contribution in [2.45, 2.75) is 56.9 Å². The maximum atomic E-state index is 2.81. The third kappa shape index (κ3) is 2.98. The lowest BCUT2D eigenvalue weighted by molar-refractivity contribution is -0.00000459. The lowest BCUT2D eigenvalue weighted by Crippen LogP contribution is -3.00. The second kappa shape index (κ2) is 6.76. The SMILES string of the molecule is [Cl-].c1ccc(C2(N3CCCCC3)CCCCC2)cc1. The van der Waals surface area contributed by atoms with Crippen LogP contribution in [0.25, 0.3) is 0 Å². The van der Waals surface area contributed by atoms with Gasteiger partial charge >= 0.3 is 0 Å². The van der Waals surface area contributed by atoms with E-state index in [0.717, 1.165) is 0 Å². The molecule has 1 aromatic rings. The molecular weight excluding hydrogens is 254 g/mol. The van der Waals surface area contributed by atoms with Gasteiger partial charge in [0.1, 0.15) is 0 Å². The zero-order chi connectivity index (χ0) is 12.3. The van der Waals surface area contributed by atoms with Gasteiger partial charge in [-0.1, -0.05) is 56.0 Å². The average molecular weight is 279 g/mol. The highest BCUT2D eigenvalue weighted by Crippen LogP contribution is 2.43. The maximum absolute atomic E-state index is 2.81. The molecule has 0 unspecified atom stereocenters. The lowest BCUT2D eigenvalue weighted by Gasteiger charge is -2.48. The van der Waals surface area contributed by atoms with E-state index >= 15 is 0 Å². The molecule has 0 spiro atoms. The van der Waals surface area contributed by atoms with Crippen LogP contribution in [-0.2, 0) is 5.54 Å². The Balaban J connectivity index is 0.00000133. The molecule has 1 aliphatic carbocycles. The van der Waals surface area contributed by atoms with Crippen molar-refractivity contribution in [3.8, 4) is 0 Å². The van der Waals surface area contributed by atoms with Gasteiger partial charge in [-0.25, -0.2) is 0 Å². The minimum atomic E-state index is 0. The Morgan fingerprint density at radius 1 is 0.737 bits per heavy atom. The third-order valence-electron chi connectivity index (χ3n) is 4.95. The van der Waals surface area contributed by atoms with Gasteiger partial charge in [0, 0.05) is 5.54 Å². The largest absolute Gasteiger partial charge is 1.00 e. The molecule has 3 rings (SSSR count). The molecule has 2 heteroatoms. The highest BCUT2D eigenvalue weighted by Gasteiger charge is 2.39. The molecule has 19 heavy (non-hydrogen) atoms. The Kier molecular flexibility index (Phi) is 5.29. The average Bonchev–Trinajstić information content (AvgIpc) is 2.50. The summed E-state index contributed by atoms with van der Waals surface area (Å²) < 4.78 is 0. The van der Waals surface area contributed by atoms with Crippen molar-refractivity contribution in [3.63, 3.8) is 0 Å². The number of piperidine rings is 1. The van der Waals surface area contributed by atoms with Crippen molar-refractivity contribution in [1.82, 2.24) is 4.90 Å². The molecule has 0 amide bonds. The van der Waals surface area contributed by atoms with Gasteiger partial charge in [-0.2, -0.15) is 0 Å². The molecule has 0 atom stereocenters. The van der Waals surface area contributed by atoms with Crippen molar-refractivity contribution >= 4 is 0 Å². The zero-order valence-electron chi connectivity index (χ0n) is 11.8. The van der Waals surface area contributed by atoms with Crippen LogP contribution in [0.15, 0.2) is 30.3 Å². The van der Waals surface area contributed by atoms with Crippen molar-refractivity contribution in [3.05, 3.63) is 35.9 Å². The van der Waals surface area contributed by atoms with E-state index in [1.165, 1.54) is 64.5 Å². The summed E-state index contributed by atoms with van der Waals surface area (Å²) in [5.74, 6) is 0. The van der Waals surface area contributed by atoms with Crippen LogP contribution < -0.4 is 12.4 Å². The predicted octanol–water partition coefficient (Wildman–Crippen LogP) is 1.34. The van der Waals surface area contributed by atoms with Gasteiger partial charge in [-0.3, -0.25) is 4.90 Å². The highest BCUT2D eigenvalue weighted by molar-refractivity contribution is 5.25. The van der Waals surface area contributed by atoms with Gasteiger partial charge in [-0.05, 0) is 44.3 Å². The minimum absolute atomic E-state index is 0. The molecule has 0 radical (unpaired) electrons. The first-order valence-corrected chi connectivity index (χ1v) is 7.72. The molecule has 0 bridgehead atoms. The van der Waals surface area contributed by atoms with Gasteiger partial charge in [0.25, 0.3) is 0 Å². The summed E-state index contributed by atoms with van der Waals surface area (Å²) in [5, 5.41) is 0. The van der Waals surface area contributed by atoms with Gasteiger partial charge < -0.3 is 12.4 Å². The smallest absolute Gasteiger partial charge is 0.0460 e. The molecule has 2 aliphatic rings. The number of halogens is 1. The van der Waals surface area contributed by atoms with Crippen LogP contribution in [0.3, 0.4) is 0 Å². The molecule has 106 valence electrons. The molecule has 1 heterocycles. The summed E-state index contributed by atoms with van der Waals surface area (Å²) in [6.45, 7) is 2.63. The Labute approximate surface area is 123 Å². The van der Waals surface area contributed by atoms with Crippen LogP contribution in [0.1, 0.15) is 56.9 Å². The second-order valence-corrected chi connectivity index (χ2v) is 6.01. The summed E-state index contributed by atoms with van der Waals surface area (Å²) in [5.41, 5.74) is 1.95. The first kappa shape index (κ1) is 14.9. The van der Waals surface area contributed by atoms with Crippen molar-refractivity contribution in [1.29, 1.82) is 0 Å². The van der Waals surface area contributed by atoms with Gasteiger partial charge in [0.2, 0.25) is 0 Å². The molecule has 1 aromatic carbocycles.